The number of nitrogens with one attached hydrogen (secondary N) is 1. The molecule has 1 aromatic heterocycles. The van der Waals surface area contributed by atoms with Crippen molar-refractivity contribution in [2.45, 2.75) is 13.8 Å². The molecule has 2 aromatic carbocycles. The first kappa shape index (κ1) is 20.9. The van der Waals surface area contributed by atoms with E-state index in [2.05, 4.69) is 5.32 Å². The number of aryl methyl sites for hydroxylation is 1. The van der Waals surface area contributed by atoms with E-state index in [4.69, 9.17) is 21.1 Å². The molecule has 0 saturated heterocycles. The predicted octanol–water partition coefficient (Wildman–Crippen LogP) is 5.81. The lowest BCUT2D eigenvalue weighted by atomic mass is 10.0. The summed E-state index contributed by atoms with van der Waals surface area (Å²) in [7, 11) is 1.32. The zero-order valence-corrected chi connectivity index (χ0v) is 17.8. The highest BCUT2D eigenvalue weighted by Gasteiger charge is 2.25. The highest BCUT2D eigenvalue weighted by molar-refractivity contribution is 7.17. The van der Waals surface area contributed by atoms with Crippen molar-refractivity contribution in [3.8, 4) is 16.9 Å². The first-order chi connectivity index (χ1) is 14.0. The molecule has 7 heteroatoms. The smallest absolute Gasteiger partial charge is 0.341 e. The highest BCUT2D eigenvalue weighted by Crippen LogP contribution is 2.41. The lowest BCUT2D eigenvalue weighted by molar-refractivity contribution is 0.0603. The average molecular weight is 430 g/mol. The monoisotopic (exact) mass is 429 g/mol. The lowest BCUT2D eigenvalue weighted by Gasteiger charge is -2.09. The van der Waals surface area contributed by atoms with Crippen molar-refractivity contribution in [1.82, 2.24) is 0 Å². The maximum atomic E-state index is 12.7. The van der Waals surface area contributed by atoms with Crippen LogP contribution in [0.1, 0.15) is 32.5 Å². The summed E-state index contributed by atoms with van der Waals surface area (Å²) in [6, 6.07) is 14.2. The molecule has 0 aliphatic rings. The molecule has 0 unspecified atom stereocenters. The van der Waals surface area contributed by atoms with Gasteiger partial charge in [0.05, 0.1) is 24.3 Å². The van der Waals surface area contributed by atoms with E-state index >= 15 is 0 Å². The Morgan fingerprint density at radius 3 is 2.41 bits per heavy atom. The molecule has 1 heterocycles. The summed E-state index contributed by atoms with van der Waals surface area (Å²) < 4.78 is 10.5. The van der Waals surface area contributed by atoms with Gasteiger partial charge >= 0.3 is 5.97 Å². The number of carbonyl (C=O) groups excluding carboxylic acids is 2. The van der Waals surface area contributed by atoms with Crippen LogP contribution in [0.2, 0.25) is 5.02 Å². The SMILES string of the molecule is CCOc1ccc(-c2c(C)sc(NC(=O)c3ccccc3Cl)c2C(=O)OC)cc1. The molecule has 0 aliphatic carbocycles. The molecule has 3 aromatic rings. The van der Waals surface area contributed by atoms with Crippen LogP contribution in [0.5, 0.6) is 5.75 Å². The Balaban J connectivity index is 2.03. The number of amides is 1. The number of hydrogen-bond acceptors (Lipinski definition) is 5. The van der Waals surface area contributed by atoms with E-state index in [0.717, 1.165) is 21.8 Å². The molecule has 0 radical (unpaired) electrons. The molecule has 150 valence electrons. The van der Waals surface area contributed by atoms with Gasteiger partial charge in [-0.05, 0) is 43.7 Å². The van der Waals surface area contributed by atoms with Gasteiger partial charge in [0.15, 0.2) is 0 Å². The summed E-state index contributed by atoms with van der Waals surface area (Å²) in [6.45, 7) is 4.39. The molecule has 0 bridgehead atoms. The first-order valence-corrected chi connectivity index (χ1v) is 10.2. The van der Waals surface area contributed by atoms with Crippen LogP contribution in [0.25, 0.3) is 11.1 Å². The topological polar surface area (TPSA) is 64.6 Å². The average Bonchev–Trinajstić information content (AvgIpc) is 3.04. The maximum Gasteiger partial charge on any atom is 0.341 e. The quantitative estimate of drug-likeness (QED) is 0.502. The van der Waals surface area contributed by atoms with Crippen molar-refractivity contribution in [2.75, 3.05) is 19.0 Å². The molecule has 0 spiro atoms. The summed E-state index contributed by atoms with van der Waals surface area (Å²) in [6.07, 6.45) is 0. The van der Waals surface area contributed by atoms with E-state index in [0.29, 0.717) is 27.8 Å². The third-order valence-corrected chi connectivity index (χ3v) is 5.62. The Labute approximate surface area is 178 Å². The molecule has 1 amide bonds. The highest BCUT2D eigenvalue weighted by atomic mass is 35.5. The zero-order valence-electron chi connectivity index (χ0n) is 16.2. The number of thiophene rings is 1. The van der Waals surface area contributed by atoms with Crippen molar-refractivity contribution in [3.05, 3.63) is 69.6 Å². The van der Waals surface area contributed by atoms with Crippen molar-refractivity contribution in [3.63, 3.8) is 0 Å². The van der Waals surface area contributed by atoms with Crippen LogP contribution in [0.15, 0.2) is 48.5 Å². The summed E-state index contributed by atoms with van der Waals surface area (Å²) in [5.41, 5.74) is 2.21. The number of rotatable bonds is 6. The number of esters is 1. The fourth-order valence-electron chi connectivity index (χ4n) is 2.98. The lowest BCUT2D eigenvalue weighted by Crippen LogP contribution is -2.14. The zero-order chi connectivity index (χ0) is 21.0. The van der Waals surface area contributed by atoms with Gasteiger partial charge in [-0.25, -0.2) is 4.79 Å². The second kappa shape index (κ2) is 9.11. The summed E-state index contributed by atoms with van der Waals surface area (Å²) >= 11 is 7.44. The van der Waals surface area contributed by atoms with Gasteiger partial charge in [0.25, 0.3) is 5.91 Å². The first-order valence-electron chi connectivity index (χ1n) is 8.97. The van der Waals surface area contributed by atoms with Gasteiger partial charge in [-0.3, -0.25) is 4.79 Å². The molecular formula is C22H20ClNO4S. The number of benzene rings is 2. The number of hydrogen-bond donors (Lipinski definition) is 1. The van der Waals surface area contributed by atoms with Crippen LogP contribution < -0.4 is 10.1 Å². The van der Waals surface area contributed by atoms with Gasteiger partial charge in [-0.1, -0.05) is 35.9 Å². The number of anilines is 1. The fraction of sp³-hybridized carbons (Fsp3) is 0.182. The van der Waals surface area contributed by atoms with Crippen LogP contribution in [0, 0.1) is 6.92 Å². The maximum absolute atomic E-state index is 12.7. The van der Waals surface area contributed by atoms with E-state index in [-0.39, 0.29) is 5.91 Å². The summed E-state index contributed by atoms with van der Waals surface area (Å²) in [4.78, 5) is 26.2. The van der Waals surface area contributed by atoms with E-state index in [9.17, 15) is 9.59 Å². The van der Waals surface area contributed by atoms with Crippen LogP contribution in [-0.2, 0) is 4.74 Å². The van der Waals surface area contributed by atoms with Crippen molar-refractivity contribution < 1.29 is 19.1 Å². The van der Waals surface area contributed by atoms with Crippen LogP contribution >= 0.6 is 22.9 Å². The number of halogens is 1. The minimum Gasteiger partial charge on any atom is -0.494 e. The predicted molar refractivity (Wildman–Crippen MR) is 116 cm³/mol. The largest absolute Gasteiger partial charge is 0.494 e. The second-order valence-electron chi connectivity index (χ2n) is 6.12. The standard InChI is InChI=1S/C22H20ClNO4S/c1-4-28-15-11-9-14(10-12-15)18-13(2)29-21(19(18)22(26)27-3)24-20(25)16-7-5-6-8-17(16)23/h5-12H,4H2,1-3H3,(H,24,25). The Hall–Kier alpha value is -2.83. The number of carbonyl (C=O) groups is 2. The molecule has 29 heavy (non-hydrogen) atoms. The molecule has 5 nitrogen and oxygen atoms in total. The van der Waals surface area contributed by atoms with Crippen LogP contribution in [0.3, 0.4) is 0 Å². The van der Waals surface area contributed by atoms with Gasteiger partial charge in [0.2, 0.25) is 0 Å². The minimum atomic E-state index is -0.521. The Morgan fingerprint density at radius 1 is 1.10 bits per heavy atom. The molecule has 0 saturated carbocycles. The normalized spacial score (nSPS) is 10.5. The van der Waals surface area contributed by atoms with Gasteiger partial charge in [0, 0.05) is 10.4 Å². The van der Waals surface area contributed by atoms with Crippen molar-refractivity contribution in [1.29, 1.82) is 0 Å². The van der Waals surface area contributed by atoms with Gasteiger partial charge in [-0.15, -0.1) is 11.3 Å². The Bertz CT molecular complexity index is 1040. The van der Waals surface area contributed by atoms with E-state index in [1.54, 1.807) is 24.3 Å². The van der Waals surface area contributed by atoms with Gasteiger partial charge in [-0.2, -0.15) is 0 Å². The van der Waals surface area contributed by atoms with Gasteiger partial charge in [0.1, 0.15) is 16.3 Å². The van der Waals surface area contributed by atoms with E-state index < -0.39 is 5.97 Å². The van der Waals surface area contributed by atoms with E-state index in [1.165, 1.54) is 18.4 Å². The minimum absolute atomic E-state index is 0.319. The Morgan fingerprint density at radius 2 is 1.79 bits per heavy atom. The van der Waals surface area contributed by atoms with Gasteiger partial charge < -0.3 is 14.8 Å². The van der Waals surface area contributed by atoms with Crippen molar-refractivity contribution in [2.24, 2.45) is 0 Å². The number of methoxy groups -OCH3 is 1. The molecule has 1 N–H and O–H groups in total. The summed E-state index contributed by atoms with van der Waals surface area (Å²) in [5, 5.41) is 3.57. The second-order valence-corrected chi connectivity index (χ2v) is 7.75. The molecule has 0 aliphatic heterocycles. The summed E-state index contributed by atoms with van der Waals surface area (Å²) in [5.74, 6) is -0.163. The fourth-order valence-corrected chi connectivity index (χ4v) is 4.26. The van der Waals surface area contributed by atoms with Crippen LogP contribution in [0.4, 0.5) is 5.00 Å². The third-order valence-electron chi connectivity index (χ3n) is 4.27. The molecular weight excluding hydrogens is 410 g/mol. The molecule has 0 fully saturated rings. The van der Waals surface area contributed by atoms with Crippen molar-refractivity contribution >= 4 is 39.8 Å². The number of ether oxygens (including phenoxy) is 2. The third kappa shape index (κ3) is 4.44. The molecule has 0 atom stereocenters. The molecule has 3 rings (SSSR count). The van der Waals surface area contributed by atoms with Crippen LogP contribution in [-0.4, -0.2) is 25.6 Å². The Kier molecular flexibility index (Phi) is 6.56. The van der Waals surface area contributed by atoms with E-state index in [1.807, 2.05) is 38.1 Å².